The number of nitrogens with zero attached hydrogens (tertiary/aromatic N) is 1. The van der Waals surface area contributed by atoms with E-state index >= 15 is 0 Å². The van der Waals surface area contributed by atoms with Gasteiger partial charge in [0.15, 0.2) is 5.96 Å². The lowest BCUT2D eigenvalue weighted by molar-refractivity contribution is -0.143. The summed E-state index contributed by atoms with van der Waals surface area (Å²) in [4.78, 5) is 51.7. The van der Waals surface area contributed by atoms with Gasteiger partial charge in [0.05, 0.1) is 12.6 Å². The van der Waals surface area contributed by atoms with Crippen LogP contribution in [-0.2, 0) is 19.2 Å². The summed E-state index contributed by atoms with van der Waals surface area (Å²) in [6, 6.07) is -4.47. The molecule has 0 radical (unpaired) electrons. The van der Waals surface area contributed by atoms with Crippen LogP contribution in [0.1, 0.15) is 33.6 Å². The molecule has 0 heterocycles. The second-order valence-electron chi connectivity index (χ2n) is 7.09. The number of nitrogens with one attached hydrogen (secondary N) is 3. The van der Waals surface area contributed by atoms with Crippen LogP contribution >= 0.6 is 0 Å². The SMILES string of the molecule is CC(NC(=O)C(N)C(C)C)C(=O)NC(CCCN=C(N)N)C(=O)NC(CO)C(=O)O. The number of hydrogen-bond acceptors (Lipinski definition) is 7. The van der Waals surface area contributed by atoms with Crippen LogP contribution < -0.4 is 33.2 Å². The van der Waals surface area contributed by atoms with Crippen molar-refractivity contribution in [3.8, 4) is 0 Å². The fourth-order valence-electron chi connectivity index (χ4n) is 2.20. The van der Waals surface area contributed by atoms with Crippen molar-refractivity contribution in [2.45, 2.75) is 57.8 Å². The van der Waals surface area contributed by atoms with Crippen molar-refractivity contribution in [3.05, 3.63) is 0 Å². The number of nitrogens with two attached hydrogens (primary N) is 3. The van der Waals surface area contributed by atoms with E-state index in [1.54, 1.807) is 13.8 Å². The van der Waals surface area contributed by atoms with Crippen LogP contribution in [0.4, 0.5) is 0 Å². The van der Waals surface area contributed by atoms with Crippen molar-refractivity contribution in [1.29, 1.82) is 0 Å². The summed E-state index contributed by atoms with van der Waals surface area (Å²) in [6.07, 6.45) is 0.379. The quantitative estimate of drug-likeness (QED) is 0.0821. The maximum absolute atomic E-state index is 12.4. The van der Waals surface area contributed by atoms with Gasteiger partial charge in [-0.2, -0.15) is 0 Å². The van der Waals surface area contributed by atoms with E-state index in [1.165, 1.54) is 6.92 Å². The molecule has 0 saturated heterocycles. The number of hydrogen-bond donors (Lipinski definition) is 8. The van der Waals surface area contributed by atoms with Gasteiger partial charge in [-0.1, -0.05) is 13.8 Å². The number of rotatable bonds is 13. The Balaban J connectivity index is 5.13. The molecule has 0 aromatic carbocycles. The molecule has 30 heavy (non-hydrogen) atoms. The lowest BCUT2D eigenvalue weighted by Gasteiger charge is -2.23. The molecule has 0 aliphatic carbocycles. The highest BCUT2D eigenvalue weighted by Crippen LogP contribution is 2.02. The second kappa shape index (κ2) is 13.3. The van der Waals surface area contributed by atoms with Gasteiger partial charge in [0.25, 0.3) is 0 Å². The number of carbonyl (C=O) groups excluding carboxylic acids is 3. The maximum atomic E-state index is 12.4. The first-order chi connectivity index (χ1) is 13.9. The fraction of sp³-hybridized carbons (Fsp3) is 0.706. The highest BCUT2D eigenvalue weighted by atomic mass is 16.4. The predicted octanol–water partition coefficient (Wildman–Crippen LogP) is -3.43. The van der Waals surface area contributed by atoms with Crippen molar-refractivity contribution in [2.24, 2.45) is 28.1 Å². The van der Waals surface area contributed by atoms with Gasteiger partial charge in [0, 0.05) is 6.54 Å². The Morgan fingerprint density at radius 2 is 1.50 bits per heavy atom. The Hall–Kier alpha value is -2.93. The molecule has 0 fully saturated rings. The van der Waals surface area contributed by atoms with Crippen LogP contribution in [0.2, 0.25) is 0 Å². The lowest BCUT2D eigenvalue weighted by Crippen LogP contribution is -2.57. The smallest absolute Gasteiger partial charge is 0.328 e. The van der Waals surface area contributed by atoms with E-state index in [9.17, 15) is 19.2 Å². The molecule has 3 amide bonds. The minimum Gasteiger partial charge on any atom is -0.480 e. The van der Waals surface area contributed by atoms with E-state index < -0.39 is 54.5 Å². The van der Waals surface area contributed by atoms with Crippen molar-refractivity contribution >= 4 is 29.7 Å². The van der Waals surface area contributed by atoms with Crippen molar-refractivity contribution in [3.63, 3.8) is 0 Å². The minimum atomic E-state index is -1.53. The monoisotopic (exact) mass is 431 g/mol. The summed E-state index contributed by atoms with van der Waals surface area (Å²) in [5.74, 6) is -3.71. The highest BCUT2D eigenvalue weighted by molar-refractivity contribution is 5.93. The van der Waals surface area contributed by atoms with Gasteiger partial charge in [-0.25, -0.2) is 4.79 Å². The normalized spacial score (nSPS) is 14.7. The average Bonchev–Trinajstić information content (AvgIpc) is 2.66. The topological polar surface area (TPSA) is 235 Å². The molecule has 0 rings (SSSR count). The number of aliphatic imine (C=N–C) groups is 1. The molecule has 4 unspecified atom stereocenters. The van der Waals surface area contributed by atoms with E-state index in [1.807, 2.05) is 0 Å². The molecule has 0 spiro atoms. The van der Waals surface area contributed by atoms with Crippen LogP contribution in [0, 0.1) is 5.92 Å². The summed E-state index contributed by atoms with van der Waals surface area (Å²) in [7, 11) is 0. The van der Waals surface area contributed by atoms with Crippen LogP contribution in [0.3, 0.4) is 0 Å². The summed E-state index contributed by atoms with van der Waals surface area (Å²) >= 11 is 0. The number of aliphatic hydroxyl groups is 1. The molecule has 4 atom stereocenters. The highest BCUT2D eigenvalue weighted by Gasteiger charge is 2.28. The first-order valence-corrected chi connectivity index (χ1v) is 9.46. The number of carboxylic acid groups (broad SMARTS) is 1. The maximum Gasteiger partial charge on any atom is 0.328 e. The van der Waals surface area contributed by atoms with Gasteiger partial charge in [0.1, 0.15) is 18.1 Å². The molecule has 0 aliphatic heterocycles. The Morgan fingerprint density at radius 3 is 1.97 bits per heavy atom. The van der Waals surface area contributed by atoms with Gasteiger partial charge in [0.2, 0.25) is 17.7 Å². The van der Waals surface area contributed by atoms with E-state index in [4.69, 9.17) is 27.4 Å². The Bertz CT molecular complexity index is 636. The second-order valence-corrected chi connectivity index (χ2v) is 7.09. The molecule has 11 N–H and O–H groups in total. The Morgan fingerprint density at radius 1 is 0.933 bits per heavy atom. The van der Waals surface area contributed by atoms with Crippen molar-refractivity contribution in [1.82, 2.24) is 16.0 Å². The number of aliphatic hydroxyl groups excluding tert-OH is 1. The number of carbonyl (C=O) groups is 4. The zero-order valence-corrected chi connectivity index (χ0v) is 17.4. The largest absolute Gasteiger partial charge is 0.480 e. The summed E-state index contributed by atoms with van der Waals surface area (Å²) < 4.78 is 0. The van der Waals surface area contributed by atoms with Crippen molar-refractivity contribution in [2.75, 3.05) is 13.2 Å². The molecule has 0 bridgehead atoms. The third-order valence-electron chi connectivity index (χ3n) is 4.15. The lowest BCUT2D eigenvalue weighted by atomic mass is 10.0. The standard InChI is InChI=1S/C17H33N7O6/c1-8(2)12(18)15(28)22-9(3)13(26)23-10(5-4-6-21-17(19)20)14(27)24-11(7-25)16(29)30/h8-12,25H,4-7,18H2,1-3H3,(H,22,28)(H,23,26)(H,24,27)(H,29,30)(H4,19,20,21). The Kier molecular flexibility index (Phi) is 12.0. The number of carboxylic acids is 1. The van der Waals surface area contributed by atoms with Gasteiger partial charge < -0.3 is 43.4 Å². The molecule has 13 nitrogen and oxygen atoms in total. The van der Waals surface area contributed by atoms with Crippen LogP contribution in [0.15, 0.2) is 4.99 Å². The number of amides is 3. The molecule has 172 valence electrons. The van der Waals surface area contributed by atoms with E-state index in [0.29, 0.717) is 6.42 Å². The van der Waals surface area contributed by atoms with Gasteiger partial charge in [-0.15, -0.1) is 0 Å². The summed E-state index contributed by atoms with van der Waals surface area (Å²) in [6.45, 7) is 4.29. The fourth-order valence-corrected chi connectivity index (χ4v) is 2.20. The average molecular weight is 431 g/mol. The van der Waals surface area contributed by atoms with Crippen LogP contribution in [0.25, 0.3) is 0 Å². The van der Waals surface area contributed by atoms with E-state index in [2.05, 4.69) is 20.9 Å². The molecule has 0 aromatic heterocycles. The molecule has 0 aromatic rings. The number of guanidine groups is 1. The summed E-state index contributed by atoms with van der Waals surface area (Å²) in [5, 5.41) is 25.1. The van der Waals surface area contributed by atoms with E-state index in [-0.39, 0.29) is 24.8 Å². The van der Waals surface area contributed by atoms with Gasteiger partial charge in [-0.05, 0) is 25.7 Å². The third-order valence-corrected chi connectivity index (χ3v) is 4.15. The molecule has 13 heteroatoms. The summed E-state index contributed by atoms with van der Waals surface area (Å²) in [5.41, 5.74) is 16.2. The Labute approximate surface area is 174 Å². The molecular formula is C17H33N7O6. The van der Waals surface area contributed by atoms with Crippen molar-refractivity contribution < 1.29 is 29.4 Å². The predicted molar refractivity (Wildman–Crippen MR) is 109 cm³/mol. The van der Waals surface area contributed by atoms with Gasteiger partial charge >= 0.3 is 5.97 Å². The first kappa shape index (κ1) is 27.1. The zero-order chi connectivity index (χ0) is 23.4. The van der Waals surface area contributed by atoms with Gasteiger partial charge in [-0.3, -0.25) is 19.4 Å². The van der Waals surface area contributed by atoms with E-state index in [0.717, 1.165) is 0 Å². The molecular weight excluding hydrogens is 398 g/mol. The molecule has 0 aliphatic rings. The third kappa shape index (κ3) is 10.0. The van der Waals surface area contributed by atoms with Crippen LogP contribution in [-0.4, -0.2) is 77.2 Å². The minimum absolute atomic E-state index is 0.0816. The molecule has 0 saturated carbocycles. The number of aliphatic carboxylic acids is 1. The zero-order valence-electron chi connectivity index (χ0n) is 17.4. The first-order valence-electron chi connectivity index (χ1n) is 9.46. The van der Waals surface area contributed by atoms with Crippen LogP contribution in [0.5, 0.6) is 0 Å².